The van der Waals surface area contributed by atoms with E-state index in [0.717, 1.165) is 12.1 Å². The molecule has 0 spiro atoms. The van der Waals surface area contributed by atoms with Crippen molar-refractivity contribution in [3.05, 3.63) is 59.9 Å². The molecule has 108 valence electrons. The fourth-order valence-electron chi connectivity index (χ4n) is 1.43. The van der Waals surface area contributed by atoms with Crippen molar-refractivity contribution in [1.82, 2.24) is 15.8 Å². The van der Waals surface area contributed by atoms with E-state index in [9.17, 15) is 18.4 Å². The number of pyridine rings is 1. The van der Waals surface area contributed by atoms with Gasteiger partial charge in [-0.15, -0.1) is 0 Å². The van der Waals surface area contributed by atoms with Crippen molar-refractivity contribution >= 4 is 17.6 Å². The standard InChI is InChI=1S/C13H10F2N4O2/c14-9-1-2-11(10(15)7-9)17-13(21)19-18-12(20)8-3-5-16-6-4-8/h1-7H,(H,18,20)(H2,17,19,21). The van der Waals surface area contributed by atoms with Crippen molar-refractivity contribution in [2.24, 2.45) is 0 Å². The van der Waals surface area contributed by atoms with Crippen molar-refractivity contribution in [2.45, 2.75) is 0 Å². The summed E-state index contributed by atoms with van der Waals surface area (Å²) in [6.07, 6.45) is 2.84. The highest BCUT2D eigenvalue weighted by Crippen LogP contribution is 2.14. The summed E-state index contributed by atoms with van der Waals surface area (Å²) >= 11 is 0. The van der Waals surface area contributed by atoms with Gasteiger partial charge in [-0.3, -0.25) is 15.2 Å². The van der Waals surface area contributed by atoms with Crippen LogP contribution in [0.1, 0.15) is 10.4 Å². The predicted molar refractivity (Wildman–Crippen MR) is 70.2 cm³/mol. The van der Waals surface area contributed by atoms with Gasteiger partial charge in [-0.05, 0) is 24.3 Å². The number of aromatic nitrogens is 1. The van der Waals surface area contributed by atoms with Crippen molar-refractivity contribution in [3.8, 4) is 0 Å². The smallest absolute Gasteiger partial charge is 0.304 e. The number of hydrogen-bond donors (Lipinski definition) is 3. The van der Waals surface area contributed by atoms with Gasteiger partial charge in [-0.2, -0.15) is 0 Å². The minimum absolute atomic E-state index is 0.216. The molecule has 0 aliphatic rings. The Kier molecular flexibility index (Phi) is 4.39. The number of hydrogen-bond acceptors (Lipinski definition) is 3. The average Bonchev–Trinajstić information content (AvgIpc) is 2.48. The molecule has 0 radical (unpaired) electrons. The Labute approximate surface area is 118 Å². The van der Waals surface area contributed by atoms with Crippen LogP contribution in [0.4, 0.5) is 19.3 Å². The van der Waals surface area contributed by atoms with Gasteiger partial charge >= 0.3 is 6.03 Å². The van der Waals surface area contributed by atoms with Crippen molar-refractivity contribution in [3.63, 3.8) is 0 Å². The van der Waals surface area contributed by atoms with Gasteiger partial charge < -0.3 is 5.32 Å². The monoisotopic (exact) mass is 292 g/mol. The van der Waals surface area contributed by atoms with E-state index in [4.69, 9.17) is 0 Å². The lowest BCUT2D eigenvalue weighted by atomic mass is 10.3. The number of carbonyl (C=O) groups excluding carboxylic acids is 2. The summed E-state index contributed by atoms with van der Waals surface area (Å²) < 4.78 is 26.0. The van der Waals surface area contributed by atoms with E-state index in [0.29, 0.717) is 11.6 Å². The Hall–Kier alpha value is -3.03. The normalized spacial score (nSPS) is 9.81. The molecule has 1 aromatic carbocycles. The quantitative estimate of drug-likeness (QED) is 0.738. The first-order valence-corrected chi connectivity index (χ1v) is 5.78. The van der Waals surface area contributed by atoms with E-state index in [1.54, 1.807) is 0 Å². The van der Waals surface area contributed by atoms with Crippen LogP contribution in [0.15, 0.2) is 42.7 Å². The SMILES string of the molecule is O=C(NNC(=O)c1ccncc1)Nc1ccc(F)cc1F. The summed E-state index contributed by atoms with van der Waals surface area (Å²) in [4.78, 5) is 26.8. The molecule has 1 aromatic heterocycles. The second-order valence-electron chi connectivity index (χ2n) is 3.89. The van der Waals surface area contributed by atoms with Crippen LogP contribution in [0, 0.1) is 11.6 Å². The molecule has 6 nitrogen and oxygen atoms in total. The summed E-state index contributed by atoms with van der Waals surface area (Å²) in [5, 5.41) is 2.13. The minimum atomic E-state index is -0.925. The first-order valence-electron chi connectivity index (χ1n) is 5.78. The number of carbonyl (C=O) groups is 2. The van der Waals surface area contributed by atoms with Crippen molar-refractivity contribution in [1.29, 1.82) is 0 Å². The number of amides is 3. The topological polar surface area (TPSA) is 83.1 Å². The molecule has 0 fully saturated rings. The Morgan fingerprint density at radius 1 is 1.00 bits per heavy atom. The van der Waals surface area contributed by atoms with Crippen LogP contribution in [0.25, 0.3) is 0 Å². The highest BCUT2D eigenvalue weighted by Gasteiger charge is 2.09. The maximum Gasteiger partial charge on any atom is 0.338 e. The van der Waals surface area contributed by atoms with E-state index >= 15 is 0 Å². The molecule has 0 bridgehead atoms. The molecule has 1 heterocycles. The number of nitrogens with zero attached hydrogens (tertiary/aromatic N) is 1. The number of anilines is 1. The zero-order valence-corrected chi connectivity index (χ0v) is 10.6. The van der Waals surface area contributed by atoms with E-state index < -0.39 is 23.6 Å². The third-order valence-corrected chi connectivity index (χ3v) is 2.41. The van der Waals surface area contributed by atoms with Gasteiger partial charge in [0.15, 0.2) is 0 Å². The van der Waals surface area contributed by atoms with Gasteiger partial charge in [0.25, 0.3) is 5.91 Å². The number of nitrogens with one attached hydrogen (secondary N) is 3. The first-order chi connectivity index (χ1) is 10.1. The Balaban J connectivity index is 1.89. The summed E-state index contributed by atoms with van der Waals surface area (Å²) in [7, 11) is 0. The fourth-order valence-corrected chi connectivity index (χ4v) is 1.43. The number of rotatable bonds is 2. The highest BCUT2D eigenvalue weighted by atomic mass is 19.1. The van der Waals surface area contributed by atoms with Crippen LogP contribution in [-0.2, 0) is 0 Å². The van der Waals surface area contributed by atoms with Crippen LogP contribution < -0.4 is 16.2 Å². The van der Waals surface area contributed by atoms with Crippen molar-refractivity contribution in [2.75, 3.05) is 5.32 Å². The van der Waals surface area contributed by atoms with E-state index in [1.807, 2.05) is 5.43 Å². The van der Waals surface area contributed by atoms with E-state index in [1.165, 1.54) is 24.5 Å². The van der Waals surface area contributed by atoms with Gasteiger partial charge in [0.05, 0.1) is 5.69 Å². The molecule has 2 aromatic rings. The third-order valence-electron chi connectivity index (χ3n) is 2.41. The number of urea groups is 1. The highest BCUT2D eigenvalue weighted by molar-refractivity contribution is 5.96. The molecule has 0 atom stereocenters. The zero-order chi connectivity index (χ0) is 15.2. The molecule has 0 saturated heterocycles. The molecule has 0 aliphatic carbocycles. The maximum atomic E-state index is 13.3. The Morgan fingerprint density at radius 2 is 1.71 bits per heavy atom. The zero-order valence-electron chi connectivity index (χ0n) is 10.6. The molecule has 0 aliphatic heterocycles. The number of benzene rings is 1. The molecular formula is C13H10F2N4O2. The Bertz CT molecular complexity index is 664. The lowest BCUT2D eigenvalue weighted by molar-refractivity contribution is 0.0938. The van der Waals surface area contributed by atoms with Gasteiger partial charge in [-0.1, -0.05) is 0 Å². The summed E-state index contributed by atoms with van der Waals surface area (Å²) in [5.74, 6) is -2.25. The lowest BCUT2D eigenvalue weighted by Gasteiger charge is -2.09. The lowest BCUT2D eigenvalue weighted by Crippen LogP contribution is -2.44. The largest absolute Gasteiger partial charge is 0.338 e. The summed E-state index contributed by atoms with van der Waals surface area (Å²) in [6, 6.07) is 4.72. The molecule has 0 saturated carbocycles. The Morgan fingerprint density at radius 3 is 2.38 bits per heavy atom. The molecule has 21 heavy (non-hydrogen) atoms. The molecule has 0 unspecified atom stereocenters. The van der Waals surface area contributed by atoms with E-state index in [-0.39, 0.29) is 5.69 Å². The first kappa shape index (κ1) is 14.4. The number of halogens is 2. The second kappa shape index (κ2) is 6.42. The van der Waals surface area contributed by atoms with Crippen molar-refractivity contribution < 1.29 is 18.4 Å². The van der Waals surface area contributed by atoms with Gasteiger partial charge in [0, 0.05) is 24.0 Å². The van der Waals surface area contributed by atoms with Crippen LogP contribution in [-0.4, -0.2) is 16.9 Å². The van der Waals surface area contributed by atoms with Gasteiger partial charge in [0.1, 0.15) is 11.6 Å². The van der Waals surface area contributed by atoms with Crippen LogP contribution in [0.5, 0.6) is 0 Å². The maximum absolute atomic E-state index is 13.3. The molecule has 8 heteroatoms. The minimum Gasteiger partial charge on any atom is -0.304 e. The van der Waals surface area contributed by atoms with Crippen LogP contribution in [0.2, 0.25) is 0 Å². The molecule has 3 N–H and O–H groups in total. The van der Waals surface area contributed by atoms with Gasteiger partial charge in [0.2, 0.25) is 0 Å². The van der Waals surface area contributed by atoms with Crippen LogP contribution >= 0.6 is 0 Å². The summed E-state index contributed by atoms with van der Waals surface area (Å²) in [6.45, 7) is 0. The summed E-state index contributed by atoms with van der Waals surface area (Å²) in [5.41, 5.74) is 4.24. The molecular weight excluding hydrogens is 282 g/mol. The molecule has 3 amide bonds. The van der Waals surface area contributed by atoms with E-state index in [2.05, 4.69) is 15.7 Å². The van der Waals surface area contributed by atoms with Gasteiger partial charge in [-0.25, -0.2) is 19.0 Å². The molecule has 2 rings (SSSR count). The predicted octanol–water partition coefficient (Wildman–Crippen LogP) is 1.83. The third kappa shape index (κ3) is 3.96. The fraction of sp³-hybridized carbons (Fsp3) is 0. The number of hydrazine groups is 1. The second-order valence-corrected chi connectivity index (χ2v) is 3.89. The average molecular weight is 292 g/mol. The van der Waals surface area contributed by atoms with Crippen LogP contribution in [0.3, 0.4) is 0 Å².